The van der Waals surface area contributed by atoms with Crippen molar-refractivity contribution >= 4 is 17.4 Å². The number of nitrogens with zero attached hydrogens (tertiary/aromatic N) is 1. The fourth-order valence-corrected chi connectivity index (χ4v) is 1.58. The van der Waals surface area contributed by atoms with E-state index in [1.54, 1.807) is 11.8 Å². The summed E-state index contributed by atoms with van der Waals surface area (Å²) in [4.78, 5) is 9.60. The summed E-state index contributed by atoms with van der Waals surface area (Å²) < 4.78 is 18.4. The van der Waals surface area contributed by atoms with Crippen LogP contribution in [0.5, 0.6) is 5.75 Å². The lowest BCUT2D eigenvalue weighted by atomic mass is 10.3. The number of halogens is 1. The maximum Gasteiger partial charge on any atom is 0.305 e. The molecule has 0 fully saturated rings. The lowest BCUT2D eigenvalue weighted by Gasteiger charge is -2.05. The molecule has 0 N–H and O–H groups in total. The third-order valence-corrected chi connectivity index (χ3v) is 2.68. The van der Waals surface area contributed by atoms with Crippen molar-refractivity contribution in [3.63, 3.8) is 0 Å². The van der Waals surface area contributed by atoms with Gasteiger partial charge in [-0.3, -0.25) is 10.1 Å². The maximum atomic E-state index is 13.1. The van der Waals surface area contributed by atoms with Crippen LogP contribution in [0.15, 0.2) is 18.2 Å². The van der Waals surface area contributed by atoms with Gasteiger partial charge in [-0.05, 0) is 11.8 Å². The van der Waals surface area contributed by atoms with E-state index < -0.39 is 16.4 Å². The van der Waals surface area contributed by atoms with E-state index in [4.69, 9.17) is 4.74 Å². The fourth-order valence-electron chi connectivity index (χ4n) is 1.09. The molecule has 0 spiro atoms. The monoisotopic (exact) mass is 245 g/mol. The average molecular weight is 245 g/mol. The molecule has 0 aliphatic carbocycles. The van der Waals surface area contributed by atoms with Crippen molar-refractivity contribution in [3.05, 3.63) is 34.1 Å². The number of thioether (sulfide) groups is 1. The van der Waals surface area contributed by atoms with E-state index >= 15 is 0 Å². The Morgan fingerprint density at radius 1 is 1.56 bits per heavy atom. The van der Waals surface area contributed by atoms with Crippen LogP contribution in [0.3, 0.4) is 0 Å². The molecule has 4 nitrogen and oxygen atoms in total. The molecule has 0 aromatic heterocycles. The van der Waals surface area contributed by atoms with E-state index in [1.807, 2.05) is 6.92 Å². The minimum atomic E-state index is -0.870. The summed E-state index contributed by atoms with van der Waals surface area (Å²) in [7, 11) is 0. The Morgan fingerprint density at radius 3 is 2.88 bits per heavy atom. The number of benzene rings is 1. The van der Waals surface area contributed by atoms with E-state index in [-0.39, 0.29) is 0 Å². The summed E-state index contributed by atoms with van der Waals surface area (Å²) in [6, 6.07) is 3.55. The number of rotatable bonds is 6. The lowest BCUT2D eigenvalue weighted by Crippen LogP contribution is -2.01. The van der Waals surface area contributed by atoms with Gasteiger partial charge in [0.15, 0.2) is 0 Å². The first kappa shape index (κ1) is 12.8. The highest BCUT2D eigenvalue weighted by atomic mass is 32.2. The molecule has 0 atom stereocenters. The quantitative estimate of drug-likeness (QED) is 0.439. The van der Waals surface area contributed by atoms with Gasteiger partial charge in [0.05, 0.1) is 11.5 Å². The number of nitro benzene ring substituents is 1. The number of hydrogen-bond acceptors (Lipinski definition) is 4. The first-order valence-electron chi connectivity index (χ1n) is 4.79. The first-order chi connectivity index (χ1) is 7.65. The molecule has 0 saturated heterocycles. The minimum absolute atomic E-state index is 0.319. The Labute approximate surface area is 96.9 Å². The second kappa shape index (κ2) is 6.32. The maximum absolute atomic E-state index is 13.1. The standard InChI is InChI=1S/C10H12FNO3S/c1-2-16-6-5-15-8-3-4-10(12(13)14)9(11)7-8/h3-4,7H,2,5-6H2,1H3. The average Bonchev–Trinajstić information content (AvgIpc) is 2.24. The van der Waals surface area contributed by atoms with Gasteiger partial charge in [-0.2, -0.15) is 16.2 Å². The summed E-state index contributed by atoms with van der Waals surface area (Å²) in [5, 5.41) is 10.4. The molecule has 1 rings (SSSR count). The molecule has 0 aliphatic rings. The predicted molar refractivity (Wildman–Crippen MR) is 61.5 cm³/mol. The van der Waals surface area contributed by atoms with Gasteiger partial charge in [-0.1, -0.05) is 6.92 Å². The summed E-state index contributed by atoms with van der Waals surface area (Å²) in [5.41, 5.74) is -0.532. The number of hydrogen-bond donors (Lipinski definition) is 0. The van der Waals surface area contributed by atoms with Crippen LogP contribution in [-0.2, 0) is 0 Å². The number of nitro groups is 1. The molecule has 88 valence electrons. The summed E-state index contributed by atoms with van der Waals surface area (Å²) in [6.07, 6.45) is 0. The topological polar surface area (TPSA) is 52.4 Å². The molecule has 0 heterocycles. The molecule has 6 heteroatoms. The van der Waals surface area contributed by atoms with E-state index in [9.17, 15) is 14.5 Å². The Bertz CT molecular complexity index is 373. The van der Waals surface area contributed by atoms with Crippen LogP contribution < -0.4 is 4.74 Å². The zero-order valence-electron chi connectivity index (χ0n) is 8.81. The van der Waals surface area contributed by atoms with Crippen LogP contribution >= 0.6 is 11.8 Å². The highest BCUT2D eigenvalue weighted by molar-refractivity contribution is 7.99. The van der Waals surface area contributed by atoms with Gasteiger partial charge >= 0.3 is 5.69 Å². The molecule has 0 aliphatic heterocycles. The highest BCUT2D eigenvalue weighted by Crippen LogP contribution is 2.22. The molecule has 0 amide bonds. The van der Waals surface area contributed by atoms with Gasteiger partial charge in [0.2, 0.25) is 5.82 Å². The Hall–Kier alpha value is -1.30. The van der Waals surface area contributed by atoms with E-state index in [0.717, 1.165) is 23.6 Å². The molecule has 0 bridgehead atoms. The minimum Gasteiger partial charge on any atom is -0.493 e. The first-order valence-corrected chi connectivity index (χ1v) is 5.95. The van der Waals surface area contributed by atoms with Crippen molar-refractivity contribution in [1.29, 1.82) is 0 Å². The van der Waals surface area contributed by atoms with Crippen LogP contribution in [-0.4, -0.2) is 23.0 Å². The van der Waals surface area contributed by atoms with Crippen molar-refractivity contribution < 1.29 is 14.1 Å². The molecule has 1 aromatic rings. The van der Waals surface area contributed by atoms with E-state index in [0.29, 0.717) is 12.4 Å². The summed E-state index contributed by atoms with van der Waals surface area (Å²) >= 11 is 1.71. The van der Waals surface area contributed by atoms with Gasteiger partial charge in [0.25, 0.3) is 0 Å². The largest absolute Gasteiger partial charge is 0.493 e. The Kier molecular flexibility index (Phi) is 5.04. The van der Waals surface area contributed by atoms with Gasteiger partial charge in [0.1, 0.15) is 5.75 Å². The molecule has 16 heavy (non-hydrogen) atoms. The Balaban J connectivity index is 2.56. The third kappa shape index (κ3) is 3.69. The zero-order valence-corrected chi connectivity index (χ0v) is 9.63. The second-order valence-electron chi connectivity index (χ2n) is 2.92. The van der Waals surface area contributed by atoms with Crippen LogP contribution in [0.25, 0.3) is 0 Å². The van der Waals surface area contributed by atoms with E-state index in [1.165, 1.54) is 6.07 Å². The lowest BCUT2D eigenvalue weighted by molar-refractivity contribution is -0.387. The van der Waals surface area contributed by atoms with Gasteiger partial charge in [0, 0.05) is 17.9 Å². The Morgan fingerprint density at radius 2 is 2.31 bits per heavy atom. The van der Waals surface area contributed by atoms with Crippen molar-refractivity contribution in [2.45, 2.75) is 6.92 Å². The zero-order chi connectivity index (χ0) is 12.0. The molecular weight excluding hydrogens is 233 g/mol. The van der Waals surface area contributed by atoms with Crippen molar-refractivity contribution in [2.75, 3.05) is 18.1 Å². The molecule has 1 aromatic carbocycles. The molecule has 0 saturated carbocycles. The summed E-state index contributed by atoms with van der Waals surface area (Å²) in [5.74, 6) is 1.26. The molecular formula is C10H12FNO3S. The fraction of sp³-hybridized carbons (Fsp3) is 0.400. The van der Waals surface area contributed by atoms with E-state index in [2.05, 4.69) is 0 Å². The third-order valence-electron chi connectivity index (χ3n) is 1.82. The summed E-state index contributed by atoms with van der Waals surface area (Å²) in [6.45, 7) is 2.51. The highest BCUT2D eigenvalue weighted by Gasteiger charge is 2.13. The van der Waals surface area contributed by atoms with Gasteiger partial charge in [-0.25, -0.2) is 0 Å². The second-order valence-corrected chi connectivity index (χ2v) is 4.31. The van der Waals surface area contributed by atoms with Gasteiger partial charge in [-0.15, -0.1) is 0 Å². The van der Waals surface area contributed by atoms with Crippen LogP contribution in [0.2, 0.25) is 0 Å². The van der Waals surface area contributed by atoms with Crippen molar-refractivity contribution in [1.82, 2.24) is 0 Å². The number of ether oxygens (including phenoxy) is 1. The van der Waals surface area contributed by atoms with Crippen molar-refractivity contribution in [2.24, 2.45) is 0 Å². The van der Waals surface area contributed by atoms with Crippen molar-refractivity contribution in [3.8, 4) is 5.75 Å². The van der Waals surface area contributed by atoms with Crippen LogP contribution in [0.1, 0.15) is 6.92 Å². The predicted octanol–water partition coefficient (Wildman–Crippen LogP) is 2.87. The molecule has 0 radical (unpaired) electrons. The van der Waals surface area contributed by atoms with Gasteiger partial charge < -0.3 is 4.74 Å². The normalized spacial score (nSPS) is 10.1. The van der Waals surface area contributed by atoms with Crippen LogP contribution in [0, 0.1) is 15.9 Å². The smallest absolute Gasteiger partial charge is 0.305 e. The molecule has 0 unspecified atom stereocenters. The van der Waals surface area contributed by atoms with Crippen LogP contribution in [0.4, 0.5) is 10.1 Å². The SMILES string of the molecule is CCSCCOc1ccc([N+](=O)[O-])c(F)c1.